The van der Waals surface area contributed by atoms with E-state index in [1.165, 1.54) is 7.11 Å². The average molecular weight is 519 g/mol. The number of hydrogen-bond acceptors (Lipinski definition) is 8. The van der Waals surface area contributed by atoms with Crippen molar-refractivity contribution in [1.29, 1.82) is 0 Å². The molecule has 1 unspecified atom stereocenters. The lowest BCUT2D eigenvalue weighted by Gasteiger charge is -2.47. The van der Waals surface area contributed by atoms with Gasteiger partial charge in [0.1, 0.15) is 43.4 Å². The molecule has 0 saturated carbocycles. The number of methoxy groups -OCH3 is 1. The van der Waals surface area contributed by atoms with Gasteiger partial charge in [0.2, 0.25) is 5.79 Å². The number of hydrogen-bond donors (Lipinski definition) is 4. The third kappa shape index (κ3) is 6.46. The van der Waals surface area contributed by atoms with Crippen molar-refractivity contribution in [3.8, 4) is 5.75 Å². The maximum Gasteiger partial charge on any atom is 0.261 e. The summed E-state index contributed by atoms with van der Waals surface area (Å²) in [6.45, 7) is -1.04. The van der Waals surface area contributed by atoms with Crippen LogP contribution >= 0.6 is 11.6 Å². The van der Waals surface area contributed by atoms with E-state index in [2.05, 4.69) is 0 Å². The highest BCUT2D eigenvalue weighted by molar-refractivity contribution is 6.31. The summed E-state index contributed by atoms with van der Waals surface area (Å²) in [4.78, 5) is 0. The molecule has 4 N–H and O–H groups in total. The highest BCUT2D eigenvalue weighted by Crippen LogP contribution is 2.40. The molecule has 0 bridgehead atoms. The van der Waals surface area contributed by atoms with Crippen LogP contribution < -0.4 is 4.74 Å². The Balaban J connectivity index is 1.73. The third-order valence-electron chi connectivity index (χ3n) is 5.76. The zero-order chi connectivity index (χ0) is 25.6. The third-order valence-corrected chi connectivity index (χ3v) is 6.13. The van der Waals surface area contributed by atoms with Crippen molar-refractivity contribution in [3.05, 3.63) is 64.2 Å². The van der Waals surface area contributed by atoms with Gasteiger partial charge in [-0.15, -0.1) is 0 Å². The molecule has 0 aromatic heterocycles. The van der Waals surface area contributed by atoms with Crippen LogP contribution in [0, 0.1) is 0 Å². The van der Waals surface area contributed by atoms with E-state index in [9.17, 15) is 29.2 Å². The van der Waals surface area contributed by atoms with Gasteiger partial charge in [-0.3, -0.25) is 0 Å². The van der Waals surface area contributed by atoms with Crippen molar-refractivity contribution in [1.82, 2.24) is 0 Å². The minimum absolute atomic E-state index is 0.0481. The van der Waals surface area contributed by atoms with Gasteiger partial charge in [0, 0.05) is 17.7 Å². The first-order chi connectivity index (χ1) is 16.7. The van der Waals surface area contributed by atoms with E-state index in [1.807, 2.05) is 12.1 Å². The first-order valence-electron chi connectivity index (χ1n) is 11.0. The first kappa shape index (κ1) is 27.7. The van der Waals surface area contributed by atoms with Crippen LogP contribution in [-0.2, 0) is 26.4 Å². The standard InChI is InChI=1S/C24H29ClF2O8/c1-32-24(23(31)22(30)21(29)19(12-28)35-24)16-4-7-18(25)15(11-16)10-14-2-5-17(6-3-14)34-9-8-33-13-20(26)27/h2-7,11,19-23,28-31H,8-10,12-13H2,1H3/t19-,21-,22+,23-,24?/m1/s1. The Morgan fingerprint density at radius 3 is 2.40 bits per heavy atom. The molecule has 1 fully saturated rings. The number of benzene rings is 2. The topological polar surface area (TPSA) is 118 Å². The molecule has 35 heavy (non-hydrogen) atoms. The van der Waals surface area contributed by atoms with E-state index in [0.29, 0.717) is 28.3 Å². The maximum absolute atomic E-state index is 12.1. The molecule has 2 aromatic rings. The Morgan fingerprint density at radius 2 is 1.77 bits per heavy atom. The molecule has 194 valence electrons. The Hall–Kier alpha value is -1.89. The smallest absolute Gasteiger partial charge is 0.261 e. The second-order valence-corrected chi connectivity index (χ2v) is 8.49. The van der Waals surface area contributed by atoms with E-state index < -0.39 is 49.8 Å². The van der Waals surface area contributed by atoms with Crippen LogP contribution in [0.1, 0.15) is 16.7 Å². The van der Waals surface area contributed by atoms with Crippen molar-refractivity contribution in [2.75, 3.05) is 33.5 Å². The van der Waals surface area contributed by atoms with Gasteiger partial charge in [0.15, 0.2) is 0 Å². The van der Waals surface area contributed by atoms with Gasteiger partial charge in [0.25, 0.3) is 6.43 Å². The lowest BCUT2D eigenvalue weighted by molar-refractivity contribution is -0.366. The Labute approximate surface area is 206 Å². The number of ether oxygens (including phenoxy) is 4. The van der Waals surface area contributed by atoms with E-state index >= 15 is 0 Å². The zero-order valence-electron chi connectivity index (χ0n) is 19.0. The van der Waals surface area contributed by atoms with Crippen LogP contribution in [-0.4, -0.2) is 84.8 Å². The molecule has 0 aliphatic carbocycles. The second kappa shape index (κ2) is 12.4. The lowest BCUT2D eigenvalue weighted by atomic mass is 9.87. The van der Waals surface area contributed by atoms with Crippen molar-refractivity contribution in [2.24, 2.45) is 0 Å². The van der Waals surface area contributed by atoms with Gasteiger partial charge in [-0.05, 0) is 41.8 Å². The van der Waals surface area contributed by atoms with Gasteiger partial charge >= 0.3 is 0 Å². The van der Waals surface area contributed by atoms with Gasteiger partial charge in [-0.2, -0.15) is 0 Å². The largest absolute Gasteiger partial charge is 0.491 e. The second-order valence-electron chi connectivity index (χ2n) is 8.08. The fraction of sp³-hybridized carbons (Fsp3) is 0.500. The Morgan fingerprint density at radius 1 is 1.06 bits per heavy atom. The normalized spacial score (nSPS) is 26.8. The summed E-state index contributed by atoms with van der Waals surface area (Å²) in [6.07, 6.45) is -8.05. The fourth-order valence-electron chi connectivity index (χ4n) is 3.91. The van der Waals surface area contributed by atoms with Crippen LogP contribution in [0.15, 0.2) is 42.5 Å². The van der Waals surface area contributed by atoms with Gasteiger partial charge in [0.05, 0.1) is 13.2 Å². The number of aliphatic hydroxyl groups is 4. The predicted molar refractivity (Wildman–Crippen MR) is 122 cm³/mol. The number of rotatable bonds is 11. The maximum atomic E-state index is 12.1. The predicted octanol–water partition coefficient (Wildman–Crippen LogP) is 1.86. The number of aliphatic hydroxyl groups excluding tert-OH is 4. The van der Waals surface area contributed by atoms with Gasteiger partial charge in [-0.1, -0.05) is 29.8 Å². The van der Waals surface area contributed by atoms with Crippen LogP contribution in [0.5, 0.6) is 5.75 Å². The molecule has 1 heterocycles. The highest BCUT2D eigenvalue weighted by atomic mass is 35.5. The number of alkyl halides is 2. The molecule has 5 atom stereocenters. The van der Waals surface area contributed by atoms with Crippen LogP contribution in [0.3, 0.4) is 0 Å². The molecule has 1 aliphatic rings. The van der Waals surface area contributed by atoms with Crippen molar-refractivity contribution in [3.63, 3.8) is 0 Å². The van der Waals surface area contributed by atoms with Crippen LogP contribution in [0.25, 0.3) is 0 Å². The van der Waals surface area contributed by atoms with E-state index in [-0.39, 0.29) is 13.2 Å². The van der Waals surface area contributed by atoms with E-state index in [0.717, 1.165) is 5.56 Å². The van der Waals surface area contributed by atoms with Crippen molar-refractivity contribution >= 4 is 11.6 Å². The summed E-state index contributed by atoms with van der Waals surface area (Å²) in [7, 11) is 1.29. The summed E-state index contributed by atoms with van der Waals surface area (Å²) in [5, 5.41) is 41.1. The molecular weight excluding hydrogens is 490 g/mol. The van der Waals surface area contributed by atoms with Crippen molar-refractivity contribution in [2.45, 2.75) is 43.0 Å². The molecule has 3 rings (SSSR count). The van der Waals surface area contributed by atoms with E-state index in [1.54, 1.807) is 30.3 Å². The molecule has 1 aliphatic heterocycles. The van der Waals surface area contributed by atoms with Crippen molar-refractivity contribution < 1.29 is 48.2 Å². The molecule has 2 aromatic carbocycles. The average Bonchev–Trinajstić information content (AvgIpc) is 2.85. The molecule has 8 nitrogen and oxygen atoms in total. The fourth-order valence-corrected chi connectivity index (χ4v) is 4.09. The molecule has 0 amide bonds. The number of halogens is 3. The van der Waals surface area contributed by atoms with Gasteiger partial charge in [-0.25, -0.2) is 8.78 Å². The summed E-state index contributed by atoms with van der Waals surface area (Å²) >= 11 is 6.40. The van der Waals surface area contributed by atoms with Crippen LogP contribution in [0.4, 0.5) is 8.78 Å². The minimum Gasteiger partial charge on any atom is -0.491 e. The quantitative estimate of drug-likeness (QED) is 0.333. The summed E-state index contributed by atoms with van der Waals surface area (Å²) in [5.41, 5.74) is 1.90. The Bertz CT molecular complexity index is 946. The van der Waals surface area contributed by atoms with Crippen LogP contribution in [0.2, 0.25) is 5.02 Å². The lowest BCUT2D eigenvalue weighted by Crippen LogP contribution is -2.64. The molecule has 1 saturated heterocycles. The molecule has 0 spiro atoms. The summed E-state index contributed by atoms with van der Waals surface area (Å²) in [5.74, 6) is -1.29. The summed E-state index contributed by atoms with van der Waals surface area (Å²) in [6, 6.07) is 11.9. The molecular formula is C24H29ClF2O8. The minimum atomic E-state index is -2.51. The first-order valence-corrected chi connectivity index (χ1v) is 11.3. The Kier molecular flexibility index (Phi) is 9.79. The monoisotopic (exact) mass is 518 g/mol. The zero-order valence-corrected chi connectivity index (χ0v) is 19.8. The molecule has 11 heteroatoms. The van der Waals surface area contributed by atoms with E-state index in [4.69, 9.17) is 30.5 Å². The van der Waals surface area contributed by atoms with Gasteiger partial charge < -0.3 is 39.4 Å². The highest BCUT2D eigenvalue weighted by Gasteiger charge is 2.55. The summed E-state index contributed by atoms with van der Waals surface area (Å²) < 4.78 is 45.6. The SMILES string of the molecule is COC1(c2ccc(Cl)c(Cc3ccc(OCCOCC(F)F)cc3)c2)O[C@H](CO)[C@@H](O)[C@H](O)[C@H]1O. The molecule has 0 radical (unpaired) electrons.